The molecular weight excluding hydrogens is 266 g/mol. The molecule has 0 spiro atoms. The van der Waals surface area contributed by atoms with E-state index in [1.54, 1.807) is 14.0 Å². The number of aliphatic hydroxyl groups is 1. The zero-order valence-electron chi connectivity index (χ0n) is 11.7. The van der Waals surface area contributed by atoms with Gasteiger partial charge in [-0.05, 0) is 13.3 Å². The molecule has 6 heteroatoms. The van der Waals surface area contributed by atoms with Crippen molar-refractivity contribution < 1.29 is 9.84 Å². The fourth-order valence-corrected chi connectivity index (χ4v) is 1.93. The van der Waals surface area contributed by atoms with E-state index < -0.39 is 5.60 Å². The summed E-state index contributed by atoms with van der Waals surface area (Å²) in [5.74, 6) is 0.694. The molecule has 1 aromatic heterocycles. The van der Waals surface area contributed by atoms with E-state index in [2.05, 4.69) is 22.2 Å². The second kappa shape index (κ2) is 7.62. The van der Waals surface area contributed by atoms with Gasteiger partial charge in [0, 0.05) is 32.2 Å². The summed E-state index contributed by atoms with van der Waals surface area (Å²) in [6.07, 6.45) is 3.75. The van der Waals surface area contributed by atoms with Gasteiger partial charge in [-0.25, -0.2) is 9.97 Å². The minimum absolute atomic E-state index is 0.389. The summed E-state index contributed by atoms with van der Waals surface area (Å²) in [5.41, 5.74) is 0.0471. The van der Waals surface area contributed by atoms with Crippen LogP contribution in [0.5, 0.6) is 0 Å². The van der Waals surface area contributed by atoms with Crippen LogP contribution in [-0.2, 0) is 11.2 Å². The first-order chi connectivity index (χ1) is 9.00. The SMILES string of the molecule is CCCc1c(Cl)ncnc1NCC(C)(O)CCOC. The van der Waals surface area contributed by atoms with Gasteiger partial charge in [0.2, 0.25) is 0 Å². The molecule has 0 amide bonds. The fourth-order valence-electron chi connectivity index (χ4n) is 1.70. The Morgan fingerprint density at radius 1 is 1.47 bits per heavy atom. The number of rotatable bonds is 8. The van der Waals surface area contributed by atoms with E-state index in [4.69, 9.17) is 16.3 Å². The lowest BCUT2D eigenvalue weighted by Crippen LogP contribution is -2.35. The maximum atomic E-state index is 10.2. The molecule has 0 aliphatic heterocycles. The van der Waals surface area contributed by atoms with Gasteiger partial charge in [-0.3, -0.25) is 0 Å². The van der Waals surface area contributed by atoms with E-state index in [0.29, 0.717) is 30.5 Å². The van der Waals surface area contributed by atoms with Crippen LogP contribution in [-0.4, -0.2) is 40.9 Å². The number of hydrogen-bond acceptors (Lipinski definition) is 5. The minimum Gasteiger partial charge on any atom is -0.388 e. The van der Waals surface area contributed by atoms with Crippen molar-refractivity contribution in [2.45, 2.75) is 38.7 Å². The number of aromatic nitrogens is 2. The van der Waals surface area contributed by atoms with Gasteiger partial charge < -0.3 is 15.2 Å². The molecule has 0 aliphatic carbocycles. The van der Waals surface area contributed by atoms with Gasteiger partial charge in [-0.2, -0.15) is 0 Å². The first kappa shape index (κ1) is 16.1. The highest BCUT2D eigenvalue weighted by Gasteiger charge is 2.21. The van der Waals surface area contributed by atoms with E-state index in [9.17, 15) is 5.11 Å². The molecule has 5 nitrogen and oxygen atoms in total. The second-order valence-corrected chi connectivity index (χ2v) is 5.19. The van der Waals surface area contributed by atoms with Gasteiger partial charge in [0.1, 0.15) is 17.3 Å². The molecule has 1 aromatic rings. The maximum Gasteiger partial charge on any atom is 0.137 e. The molecule has 0 bridgehead atoms. The third-order valence-electron chi connectivity index (χ3n) is 2.87. The summed E-state index contributed by atoms with van der Waals surface area (Å²) in [7, 11) is 1.62. The van der Waals surface area contributed by atoms with Crippen LogP contribution in [0.4, 0.5) is 5.82 Å². The molecule has 0 saturated heterocycles. The van der Waals surface area contributed by atoms with Crippen molar-refractivity contribution in [2.75, 3.05) is 25.6 Å². The Balaban J connectivity index is 2.69. The third kappa shape index (κ3) is 5.30. The first-order valence-electron chi connectivity index (χ1n) is 6.44. The predicted molar refractivity (Wildman–Crippen MR) is 76.6 cm³/mol. The number of ether oxygens (including phenoxy) is 1. The van der Waals surface area contributed by atoms with Gasteiger partial charge in [0.05, 0.1) is 5.60 Å². The van der Waals surface area contributed by atoms with Crippen LogP contribution in [0.1, 0.15) is 32.3 Å². The summed E-state index contributed by atoms with van der Waals surface area (Å²) in [6, 6.07) is 0. The zero-order valence-corrected chi connectivity index (χ0v) is 12.5. The Kier molecular flexibility index (Phi) is 6.48. The summed E-state index contributed by atoms with van der Waals surface area (Å²) in [5, 5.41) is 13.8. The maximum absolute atomic E-state index is 10.2. The molecule has 1 rings (SSSR count). The molecule has 0 aromatic carbocycles. The fraction of sp³-hybridized carbons (Fsp3) is 0.692. The molecule has 1 heterocycles. The van der Waals surface area contributed by atoms with Crippen LogP contribution >= 0.6 is 11.6 Å². The number of anilines is 1. The van der Waals surface area contributed by atoms with Crippen LogP contribution in [0.2, 0.25) is 5.15 Å². The number of nitrogens with one attached hydrogen (secondary N) is 1. The Labute approximate surface area is 119 Å². The lowest BCUT2D eigenvalue weighted by Gasteiger charge is -2.24. The van der Waals surface area contributed by atoms with E-state index >= 15 is 0 Å². The highest BCUT2D eigenvalue weighted by atomic mass is 35.5. The molecule has 1 unspecified atom stereocenters. The summed E-state index contributed by atoms with van der Waals surface area (Å²) in [6.45, 7) is 4.74. The smallest absolute Gasteiger partial charge is 0.137 e. The quantitative estimate of drug-likeness (QED) is 0.718. The summed E-state index contributed by atoms with van der Waals surface area (Å²) in [4.78, 5) is 8.18. The number of methoxy groups -OCH3 is 1. The average molecular weight is 288 g/mol. The van der Waals surface area contributed by atoms with Gasteiger partial charge in [-0.15, -0.1) is 0 Å². The molecule has 0 aliphatic rings. The van der Waals surface area contributed by atoms with Gasteiger partial charge in [-0.1, -0.05) is 24.9 Å². The highest BCUT2D eigenvalue weighted by Crippen LogP contribution is 2.22. The summed E-state index contributed by atoms with van der Waals surface area (Å²) < 4.78 is 4.98. The van der Waals surface area contributed by atoms with Crippen molar-refractivity contribution in [1.82, 2.24) is 9.97 Å². The minimum atomic E-state index is -0.850. The van der Waals surface area contributed by atoms with Crippen molar-refractivity contribution in [2.24, 2.45) is 0 Å². The van der Waals surface area contributed by atoms with Crippen molar-refractivity contribution in [1.29, 1.82) is 0 Å². The molecule has 0 fully saturated rings. The molecular formula is C13H22ClN3O2. The van der Waals surface area contributed by atoms with Crippen molar-refractivity contribution >= 4 is 17.4 Å². The summed E-state index contributed by atoms with van der Waals surface area (Å²) >= 11 is 6.07. The Bertz CT molecular complexity index is 399. The average Bonchev–Trinajstić information content (AvgIpc) is 2.37. The second-order valence-electron chi connectivity index (χ2n) is 4.83. The Hall–Kier alpha value is -0.910. The number of nitrogens with zero attached hydrogens (tertiary/aromatic N) is 2. The molecule has 0 saturated carbocycles. The van der Waals surface area contributed by atoms with Gasteiger partial charge in [0.25, 0.3) is 0 Å². The lowest BCUT2D eigenvalue weighted by molar-refractivity contribution is 0.0357. The standard InChI is InChI=1S/C13H22ClN3O2/c1-4-5-10-11(14)16-9-17-12(10)15-8-13(2,18)6-7-19-3/h9,18H,4-8H2,1-3H3,(H,15,16,17). The lowest BCUT2D eigenvalue weighted by atomic mass is 10.0. The van der Waals surface area contributed by atoms with E-state index in [-0.39, 0.29) is 0 Å². The van der Waals surface area contributed by atoms with Crippen molar-refractivity contribution in [3.63, 3.8) is 0 Å². The number of halogens is 1. The van der Waals surface area contributed by atoms with Crippen LogP contribution in [0.25, 0.3) is 0 Å². The Morgan fingerprint density at radius 2 is 2.21 bits per heavy atom. The highest BCUT2D eigenvalue weighted by molar-refractivity contribution is 6.30. The first-order valence-corrected chi connectivity index (χ1v) is 6.82. The molecule has 2 N–H and O–H groups in total. The molecule has 0 radical (unpaired) electrons. The Morgan fingerprint density at radius 3 is 2.84 bits per heavy atom. The van der Waals surface area contributed by atoms with Crippen molar-refractivity contribution in [3.8, 4) is 0 Å². The monoisotopic (exact) mass is 287 g/mol. The van der Waals surface area contributed by atoms with Gasteiger partial charge >= 0.3 is 0 Å². The van der Waals surface area contributed by atoms with E-state index in [1.165, 1.54) is 6.33 Å². The van der Waals surface area contributed by atoms with E-state index in [0.717, 1.165) is 18.4 Å². The number of hydrogen-bond donors (Lipinski definition) is 2. The largest absolute Gasteiger partial charge is 0.388 e. The molecule has 19 heavy (non-hydrogen) atoms. The zero-order chi connectivity index (χ0) is 14.3. The predicted octanol–water partition coefficient (Wildman–Crippen LogP) is 2.28. The third-order valence-corrected chi connectivity index (χ3v) is 3.20. The topological polar surface area (TPSA) is 67.3 Å². The van der Waals surface area contributed by atoms with Gasteiger partial charge in [0.15, 0.2) is 0 Å². The van der Waals surface area contributed by atoms with Crippen LogP contribution in [0.15, 0.2) is 6.33 Å². The van der Waals surface area contributed by atoms with Crippen LogP contribution in [0, 0.1) is 0 Å². The van der Waals surface area contributed by atoms with Crippen LogP contribution < -0.4 is 5.32 Å². The van der Waals surface area contributed by atoms with Crippen molar-refractivity contribution in [3.05, 3.63) is 17.0 Å². The van der Waals surface area contributed by atoms with Crippen LogP contribution in [0.3, 0.4) is 0 Å². The molecule has 1 atom stereocenters. The molecule has 108 valence electrons. The van der Waals surface area contributed by atoms with E-state index in [1.807, 2.05) is 0 Å². The normalized spacial score (nSPS) is 14.2.